The molecular weight excluding hydrogens is 290 g/mol. The Hall–Kier alpha value is -1.61. The summed E-state index contributed by atoms with van der Waals surface area (Å²) >= 11 is 0. The number of morpholine rings is 1. The average molecular weight is 313 g/mol. The third kappa shape index (κ3) is 3.73. The predicted octanol–water partition coefficient (Wildman–Crippen LogP) is -0.146. The molecule has 0 aliphatic carbocycles. The fraction of sp³-hybridized carbons (Fsp3) is 0.750. The maximum atomic E-state index is 12.2. The molecule has 21 heavy (non-hydrogen) atoms. The molecule has 0 aromatic carbocycles. The number of carbonyl (C=O) groups excluding carboxylic acids is 1. The van der Waals surface area contributed by atoms with Gasteiger partial charge in [0.25, 0.3) is 0 Å². The standard InChI is InChI=1S/C12H23N5O3Si/c1-15-10(16-5-7-20-8-6-16)14-12(19)17(15)11(18)13-9-21(2,3)4/h5-9H2,1-4H3,(H,13,18). The number of hydrogen-bond acceptors (Lipinski definition) is 5. The lowest BCUT2D eigenvalue weighted by atomic mass is 10.4. The van der Waals surface area contributed by atoms with Crippen LogP contribution in [0.2, 0.25) is 19.6 Å². The van der Waals surface area contributed by atoms with E-state index in [2.05, 4.69) is 29.9 Å². The summed E-state index contributed by atoms with van der Waals surface area (Å²) in [5.74, 6) is 0.506. The van der Waals surface area contributed by atoms with E-state index < -0.39 is 19.8 Å². The number of ether oxygens (including phenoxy) is 1. The van der Waals surface area contributed by atoms with Crippen molar-refractivity contribution in [3.8, 4) is 0 Å². The molecule has 1 saturated heterocycles. The van der Waals surface area contributed by atoms with Gasteiger partial charge in [-0.05, 0) is 0 Å². The van der Waals surface area contributed by atoms with Crippen molar-refractivity contribution in [3.63, 3.8) is 0 Å². The molecule has 2 heterocycles. The number of carbonyl (C=O) groups is 1. The first kappa shape index (κ1) is 15.8. The molecule has 0 spiro atoms. The molecule has 1 aliphatic rings. The van der Waals surface area contributed by atoms with Crippen LogP contribution in [-0.2, 0) is 11.8 Å². The van der Waals surface area contributed by atoms with E-state index in [1.165, 1.54) is 4.68 Å². The lowest BCUT2D eigenvalue weighted by Crippen LogP contribution is -2.45. The Labute approximate surface area is 124 Å². The smallest absolute Gasteiger partial charge is 0.374 e. The van der Waals surface area contributed by atoms with Crippen molar-refractivity contribution in [2.75, 3.05) is 37.4 Å². The molecule has 1 N–H and O–H groups in total. The molecule has 0 bridgehead atoms. The quantitative estimate of drug-likeness (QED) is 0.785. The minimum absolute atomic E-state index is 0.420. The maximum absolute atomic E-state index is 12.2. The van der Waals surface area contributed by atoms with Gasteiger partial charge in [0.1, 0.15) is 0 Å². The molecule has 1 fully saturated rings. The number of nitrogens with zero attached hydrogens (tertiary/aromatic N) is 4. The summed E-state index contributed by atoms with van der Waals surface area (Å²) in [5.41, 5.74) is -0.549. The molecule has 118 valence electrons. The number of aromatic nitrogens is 3. The van der Waals surface area contributed by atoms with Crippen molar-refractivity contribution in [2.45, 2.75) is 19.6 Å². The lowest BCUT2D eigenvalue weighted by molar-refractivity contribution is 0.121. The van der Waals surface area contributed by atoms with Crippen molar-refractivity contribution in [1.82, 2.24) is 19.7 Å². The number of rotatable bonds is 3. The third-order valence-electron chi connectivity index (χ3n) is 3.22. The topological polar surface area (TPSA) is 81.4 Å². The second-order valence-electron chi connectivity index (χ2n) is 6.35. The molecule has 2 rings (SSSR count). The Morgan fingerprint density at radius 1 is 1.33 bits per heavy atom. The Bertz CT molecular complexity index is 568. The van der Waals surface area contributed by atoms with Gasteiger partial charge in [0.2, 0.25) is 5.95 Å². The van der Waals surface area contributed by atoms with Gasteiger partial charge < -0.3 is 15.0 Å². The number of amides is 1. The fourth-order valence-electron chi connectivity index (χ4n) is 2.10. The SMILES string of the molecule is Cn1c(N2CCOCC2)nc(=O)n1C(=O)NC[Si](C)(C)C. The predicted molar refractivity (Wildman–Crippen MR) is 82.6 cm³/mol. The minimum atomic E-state index is -1.42. The summed E-state index contributed by atoms with van der Waals surface area (Å²) in [6, 6.07) is -0.420. The maximum Gasteiger partial charge on any atom is 0.374 e. The van der Waals surface area contributed by atoms with Crippen LogP contribution in [0, 0.1) is 0 Å². The molecule has 0 saturated carbocycles. The average Bonchev–Trinajstić information content (AvgIpc) is 2.72. The highest BCUT2D eigenvalue weighted by Gasteiger charge is 2.23. The second-order valence-corrected chi connectivity index (χ2v) is 11.8. The Morgan fingerprint density at radius 3 is 2.52 bits per heavy atom. The molecule has 8 nitrogen and oxygen atoms in total. The highest BCUT2D eigenvalue weighted by Crippen LogP contribution is 2.10. The van der Waals surface area contributed by atoms with Crippen LogP contribution in [0.25, 0.3) is 0 Å². The van der Waals surface area contributed by atoms with Gasteiger partial charge in [-0.1, -0.05) is 19.6 Å². The van der Waals surface area contributed by atoms with E-state index in [-0.39, 0.29) is 0 Å². The van der Waals surface area contributed by atoms with Crippen LogP contribution in [0.3, 0.4) is 0 Å². The van der Waals surface area contributed by atoms with Gasteiger partial charge in [0, 0.05) is 26.3 Å². The first-order valence-electron chi connectivity index (χ1n) is 7.06. The van der Waals surface area contributed by atoms with Crippen molar-refractivity contribution < 1.29 is 9.53 Å². The monoisotopic (exact) mass is 313 g/mol. The Kier molecular flexibility index (Phi) is 4.52. The molecule has 1 aliphatic heterocycles. The molecule has 0 radical (unpaired) electrons. The third-order valence-corrected chi connectivity index (χ3v) is 4.46. The van der Waals surface area contributed by atoms with Crippen LogP contribution in [0.5, 0.6) is 0 Å². The van der Waals surface area contributed by atoms with Gasteiger partial charge in [-0.3, -0.25) is 0 Å². The number of hydrogen-bond donors (Lipinski definition) is 1. The molecule has 0 atom stereocenters. The Balaban J connectivity index is 2.18. The molecule has 1 amide bonds. The van der Waals surface area contributed by atoms with Gasteiger partial charge in [-0.2, -0.15) is 4.98 Å². The largest absolute Gasteiger partial charge is 0.378 e. The van der Waals surface area contributed by atoms with Gasteiger partial charge in [0.05, 0.1) is 21.3 Å². The Morgan fingerprint density at radius 2 is 1.95 bits per heavy atom. The van der Waals surface area contributed by atoms with Crippen molar-refractivity contribution in [2.24, 2.45) is 7.05 Å². The van der Waals surface area contributed by atoms with Gasteiger partial charge in [-0.25, -0.2) is 14.3 Å². The summed E-state index contributed by atoms with van der Waals surface area (Å²) in [5, 5.41) is 2.82. The lowest BCUT2D eigenvalue weighted by Gasteiger charge is -2.27. The molecule has 1 aromatic heterocycles. The highest BCUT2D eigenvalue weighted by molar-refractivity contribution is 6.76. The summed E-state index contributed by atoms with van der Waals surface area (Å²) in [7, 11) is 0.257. The molecule has 0 unspecified atom stereocenters. The summed E-state index contributed by atoms with van der Waals surface area (Å²) in [6.07, 6.45) is 0.621. The first-order chi connectivity index (χ1) is 9.79. The summed E-state index contributed by atoms with van der Waals surface area (Å²) in [6.45, 7) is 8.99. The fourth-order valence-corrected chi connectivity index (χ4v) is 2.78. The zero-order chi connectivity index (χ0) is 15.6. The number of nitrogens with one attached hydrogen (secondary N) is 1. The zero-order valence-electron chi connectivity index (χ0n) is 13.0. The molecule has 1 aromatic rings. The second kappa shape index (κ2) is 6.02. The van der Waals surface area contributed by atoms with Crippen molar-refractivity contribution in [3.05, 3.63) is 10.5 Å². The van der Waals surface area contributed by atoms with Gasteiger partial charge in [0.15, 0.2) is 0 Å². The van der Waals surface area contributed by atoms with E-state index >= 15 is 0 Å². The van der Waals surface area contributed by atoms with E-state index in [0.29, 0.717) is 38.4 Å². The van der Waals surface area contributed by atoms with E-state index in [4.69, 9.17) is 4.74 Å². The van der Waals surface area contributed by atoms with Crippen LogP contribution in [0.15, 0.2) is 4.79 Å². The summed E-state index contributed by atoms with van der Waals surface area (Å²) < 4.78 is 7.84. The van der Waals surface area contributed by atoms with Crippen LogP contribution < -0.4 is 15.9 Å². The molecule has 9 heteroatoms. The summed E-state index contributed by atoms with van der Waals surface area (Å²) in [4.78, 5) is 30.1. The van der Waals surface area contributed by atoms with Crippen molar-refractivity contribution in [1.29, 1.82) is 0 Å². The minimum Gasteiger partial charge on any atom is -0.378 e. The zero-order valence-corrected chi connectivity index (χ0v) is 14.0. The van der Waals surface area contributed by atoms with Gasteiger partial charge >= 0.3 is 11.7 Å². The van der Waals surface area contributed by atoms with Crippen LogP contribution in [0.4, 0.5) is 10.7 Å². The first-order valence-corrected chi connectivity index (χ1v) is 10.8. The van der Waals surface area contributed by atoms with Crippen molar-refractivity contribution >= 4 is 20.1 Å². The normalized spacial score (nSPS) is 16.1. The van der Waals surface area contributed by atoms with Gasteiger partial charge in [-0.15, -0.1) is 4.68 Å². The van der Waals surface area contributed by atoms with E-state index in [1.807, 2.05) is 4.90 Å². The molecular formula is C12H23N5O3Si. The number of anilines is 1. The van der Waals surface area contributed by atoms with E-state index in [0.717, 1.165) is 4.68 Å². The van der Waals surface area contributed by atoms with Crippen LogP contribution in [0.1, 0.15) is 0 Å². The van der Waals surface area contributed by atoms with Crippen LogP contribution in [-0.4, -0.2) is 60.9 Å². The van der Waals surface area contributed by atoms with E-state index in [9.17, 15) is 9.59 Å². The van der Waals surface area contributed by atoms with Crippen LogP contribution >= 0.6 is 0 Å². The highest BCUT2D eigenvalue weighted by atomic mass is 28.3. The van der Waals surface area contributed by atoms with E-state index in [1.54, 1.807) is 7.05 Å².